The van der Waals surface area contributed by atoms with E-state index in [1.54, 1.807) is 6.07 Å². The van der Waals surface area contributed by atoms with Gasteiger partial charge in [-0.2, -0.15) is 5.10 Å². The van der Waals surface area contributed by atoms with E-state index in [0.717, 1.165) is 10.2 Å². The number of hydrogen-bond donors (Lipinski definition) is 0. The molecule has 0 N–H and O–H groups in total. The second-order valence-electron chi connectivity index (χ2n) is 3.23. The Morgan fingerprint density at radius 1 is 1.29 bits per heavy atom. The summed E-state index contributed by atoms with van der Waals surface area (Å²) in [5.74, 6) is -0.425. The van der Waals surface area contributed by atoms with Crippen molar-refractivity contribution in [3.05, 3.63) is 45.1 Å². The van der Waals surface area contributed by atoms with Crippen LogP contribution in [0.1, 0.15) is 10.5 Å². The minimum Gasteiger partial charge on any atom is -0.464 e. The molecule has 1 aromatic carbocycles. The van der Waals surface area contributed by atoms with Gasteiger partial charge in [-0.1, -0.05) is 15.9 Å². The van der Waals surface area contributed by atoms with E-state index >= 15 is 0 Å². The van der Waals surface area contributed by atoms with Gasteiger partial charge in [0.05, 0.1) is 12.8 Å². The average Bonchev–Trinajstić information content (AvgIpc) is 2.71. The Balaban J connectivity index is 2.51. The minimum atomic E-state index is -0.425. The van der Waals surface area contributed by atoms with E-state index in [2.05, 4.69) is 37.0 Å². The average molecular weight is 360 g/mol. The summed E-state index contributed by atoms with van der Waals surface area (Å²) >= 11 is 6.60. The smallest absolute Gasteiger partial charge is 0.356 e. The van der Waals surface area contributed by atoms with Gasteiger partial charge in [0.1, 0.15) is 4.60 Å². The lowest BCUT2D eigenvalue weighted by atomic mass is 10.3. The molecule has 0 aliphatic heterocycles. The molecule has 0 bridgehead atoms. The monoisotopic (exact) mass is 358 g/mol. The predicted molar refractivity (Wildman–Crippen MR) is 70.3 cm³/mol. The molecular formula is C11H8Br2N2O2. The maximum Gasteiger partial charge on any atom is 0.356 e. The first-order chi connectivity index (χ1) is 8.11. The molecular weight excluding hydrogens is 352 g/mol. The maximum atomic E-state index is 11.6. The predicted octanol–water partition coefficient (Wildman–Crippen LogP) is 3.18. The fourth-order valence-corrected chi connectivity index (χ4v) is 2.02. The number of methoxy groups -OCH3 is 1. The highest BCUT2D eigenvalue weighted by atomic mass is 79.9. The summed E-state index contributed by atoms with van der Waals surface area (Å²) in [6, 6.07) is 9.09. The Morgan fingerprint density at radius 2 is 1.94 bits per heavy atom. The number of carbonyl (C=O) groups excluding carboxylic acids is 1. The van der Waals surface area contributed by atoms with Crippen LogP contribution in [0, 0.1) is 0 Å². The van der Waals surface area contributed by atoms with Gasteiger partial charge in [-0.05, 0) is 40.2 Å². The van der Waals surface area contributed by atoms with Gasteiger partial charge in [0.15, 0.2) is 5.69 Å². The van der Waals surface area contributed by atoms with Crippen LogP contribution in [0.4, 0.5) is 0 Å². The zero-order valence-corrected chi connectivity index (χ0v) is 12.0. The molecule has 1 heterocycles. The normalized spacial score (nSPS) is 10.3. The van der Waals surface area contributed by atoms with Gasteiger partial charge in [0.2, 0.25) is 0 Å². The fourth-order valence-electron chi connectivity index (χ4n) is 1.38. The highest BCUT2D eigenvalue weighted by molar-refractivity contribution is 9.10. The van der Waals surface area contributed by atoms with E-state index in [-0.39, 0.29) is 0 Å². The third kappa shape index (κ3) is 2.58. The third-order valence-electron chi connectivity index (χ3n) is 2.15. The number of nitrogens with zero attached hydrogens (tertiary/aromatic N) is 2. The van der Waals surface area contributed by atoms with Crippen molar-refractivity contribution in [3.63, 3.8) is 0 Å². The number of esters is 1. The quantitative estimate of drug-likeness (QED) is 0.773. The van der Waals surface area contributed by atoms with Gasteiger partial charge >= 0.3 is 5.97 Å². The van der Waals surface area contributed by atoms with E-state index in [0.29, 0.717) is 10.3 Å². The Kier molecular flexibility index (Phi) is 3.63. The largest absolute Gasteiger partial charge is 0.464 e. The molecule has 0 atom stereocenters. The highest BCUT2D eigenvalue weighted by Crippen LogP contribution is 2.19. The van der Waals surface area contributed by atoms with Gasteiger partial charge < -0.3 is 4.74 Å². The molecule has 0 amide bonds. The summed E-state index contributed by atoms with van der Waals surface area (Å²) < 4.78 is 7.78. The molecule has 0 aliphatic rings. The molecule has 0 unspecified atom stereocenters. The van der Waals surface area contributed by atoms with Crippen LogP contribution in [0.2, 0.25) is 0 Å². The zero-order valence-electron chi connectivity index (χ0n) is 8.85. The van der Waals surface area contributed by atoms with Gasteiger partial charge in [-0.25, -0.2) is 9.48 Å². The molecule has 0 saturated carbocycles. The fraction of sp³-hybridized carbons (Fsp3) is 0.0909. The first kappa shape index (κ1) is 12.3. The standard InChI is InChI=1S/C11H8Br2N2O2/c1-17-11(16)9-6-10(13)14-15(9)8-4-2-7(12)3-5-8/h2-6H,1H3. The number of rotatable bonds is 2. The molecule has 88 valence electrons. The van der Waals surface area contributed by atoms with Gasteiger partial charge in [-0.15, -0.1) is 0 Å². The number of halogens is 2. The van der Waals surface area contributed by atoms with Crippen LogP contribution >= 0.6 is 31.9 Å². The lowest BCUT2D eigenvalue weighted by Crippen LogP contribution is -2.10. The molecule has 0 aliphatic carbocycles. The van der Waals surface area contributed by atoms with Gasteiger partial charge in [0.25, 0.3) is 0 Å². The molecule has 1 aromatic heterocycles. The molecule has 0 radical (unpaired) electrons. The van der Waals surface area contributed by atoms with Crippen molar-refractivity contribution < 1.29 is 9.53 Å². The number of benzene rings is 1. The Bertz CT molecular complexity index is 549. The summed E-state index contributed by atoms with van der Waals surface area (Å²) in [6.45, 7) is 0. The highest BCUT2D eigenvalue weighted by Gasteiger charge is 2.15. The molecule has 0 spiro atoms. The van der Waals surface area contributed by atoms with Gasteiger partial charge in [0, 0.05) is 10.5 Å². The molecule has 0 fully saturated rings. The van der Waals surface area contributed by atoms with Crippen molar-refractivity contribution in [2.45, 2.75) is 0 Å². The number of aromatic nitrogens is 2. The second-order valence-corrected chi connectivity index (χ2v) is 4.96. The molecule has 2 aromatic rings. The Labute approximate surface area is 115 Å². The van der Waals surface area contributed by atoms with Crippen molar-refractivity contribution in [2.24, 2.45) is 0 Å². The van der Waals surface area contributed by atoms with Crippen molar-refractivity contribution >= 4 is 37.8 Å². The number of hydrogen-bond acceptors (Lipinski definition) is 3. The lowest BCUT2D eigenvalue weighted by molar-refractivity contribution is 0.0590. The van der Waals surface area contributed by atoms with Crippen molar-refractivity contribution in [2.75, 3.05) is 7.11 Å². The van der Waals surface area contributed by atoms with E-state index in [1.165, 1.54) is 11.8 Å². The van der Waals surface area contributed by atoms with Crippen molar-refractivity contribution in [1.29, 1.82) is 0 Å². The summed E-state index contributed by atoms with van der Waals surface area (Å²) in [7, 11) is 1.34. The van der Waals surface area contributed by atoms with Crippen LogP contribution in [0.25, 0.3) is 5.69 Å². The first-order valence-corrected chi connectivity index (χ1v) is 6.30. The van der Waals surface area contributed by atoms with Crippen LogP contribution in [0.3, 0.4) is 0 Å². The van der Waals surface area contributed by atoms with Crippen LogP contribution in [0.15, 0.2) is 39.4 Å². The topological polar surface area (TPSA) is 44.1 Å². The SMILES string of the molecule is COC(=O)c1cc(Br)nn1-c1ccc(Br)cc1. The number of ether oxygens (including phenoxy) is 1. The molecule has 0 saturated heterocycles. The summed E-state index contributed by atoms with van der Waals surface area (Å²) in [5, 5.41) is 4.20. The van der Waals surface area contributed by atoms with Crippen LogP contribution < -0.4 is 0 Å². The third-order valence-corrected chi connectivity index (χ3v) is 3.06. The van der Waals surface area contributed by atoms with Crippen LogP contribution in [-0.4, -0.2) is 22.9 Å². The van der Waals surface area contributed by atoms with E-state index < -0.39 is 5.97 Å². The van der Waals surface area contributed by atoms with Crippen molar-refractivity contribution in [3.8, 4) is 5.69 Å². The molecule has 6 heteroatoms. The molecule has 17 heavy (non-hydrogen) atoms. The molecule has 2 rings (SSSR count). The lowest BCUT2D eigenvalue weighted by Gasteiger charge is -2.05. The minimum absolute atomic E-state index is 0.377. The van der Waals surface area contributed by atoms with Crippen LogP contribution in [0.5, 0.6) is 0 Å². The van der Waals surface area contributed by atoms with E-state index in [1.807, 2.05) is 24.3 Å². The maximum absolute atomic E-state index is 11.6. The number of carbonyl (C=O) groups is 1. The first-order valence-electron chi connectivity index (χ1n) is 4.71. The van der Waals surface area contributed by atoms with Gasteiger partial charge in [-0.3, -0.25) is 0 Å². The molecule has 4 nitrogen and oxygen atoms in total. The Morgan fingerprint density at radius 3 is 2.53 bits per heavy atom. The van der Waals surface area contributed by atoms with Crippen molar-refractivity contribution in [1.82, 2.24) is 9.78 Å². The van der Waals surface area contributed by atoms with E-state index in [4.69, 9.17) is 4.74 Å². The summed E-state index contributed by atoms with van der Waals surface area (Å²) in [6.07, 6.45) is 0. The Hall–Kier alpha value is -1.14. The van der Waals surface area contributed by atoms with E-state index in [9.17, 15) is 4.79 Å². The van der Waals surface area contributed by atoms with Crippen LogP contribution in [-0.2, 0) is 4.74 Å². The zero-order chi connectivity index (χ0) is 12.4. The second kappa shape index (κ2) is 5.01. The summed E-state index contributed by atoms with van der Waals surface area (Å²) in [5.41, 5.74) is 1.17. The summed E-state index contributed by atoms with van der Waals surface area (Å²) in [4.78, 5) is 11.6.